The second-order valence-corrected chi connectivity index (χ2v) is 4.97. The fraction of sp³-hybridized carbons (Fsp3) is 0.467. The molecule has 0 aliphatic rings. The second-order valence-electron chi connectivity index (χ2n) is 4.97. The molecule has 2 aromatic rings. The summed E-state index contributed by atoms with van der Waals surface area (Å²) in [5.74, 6) is 2.62. The molecule has 6 nitrogen and oxygen atoms in total. The van der Waals surface area contributed by atoms with E-state index in [2.05, 4.69) is 15.1 Å². The molecule has 6 heteroatoms. The van der Waals surface area contributed by atoms with Crippen molar-refractivity contribution < 1.29 is 9.84 Å². The minimum Gasteiger partial charge on any atom is -0.496 e. The van der Waals surface area contributed by atoms with Gasteiger partial charge in [0.2, 0.25) is 0 Å². The van der Waals surface area contributed by atoms with Gasteiger partial charge in [0, 0.05) is 25.7 Å². The normalized spacial score (nSPS) is 11.1. The van der Waals surface area contributed by atoms with Crippen molar-refractivity contribution in [2.45, 2.75) is 20.0 Å². The van der Waals surface area contributed by atoms with Crippen molar-refractivity contribution in [3.05, 3.63) is 41.5 Å². The topological polar surface area (TPSA) is 63.4 Å². The van der Waals surface area contributed by atoms with E-state index in [1.807, 2.05) is 42.8 Å². The number of ether oxygens (including phenoxy) is 1. The molecule has 0 bridgehead atoms. The summed E-state index contributed by atoms with van der Waals surface area (Å²) in [5.41, 5.74) is 1.09. The zero-order chi connectivity index (χ0) is 15.2. The third kappa shape index (κ3) is 3.80. The average molecular weight is 290 g/mol. The first-order valence-electron chi connectivity index (χ1n) is 6.95. The second kappa shape index (κ2) is 7.19. The zero-order valence-corrected chi connectivity index (χ0v) is 12.8. The van der Waals surface area contributed by atoms with Crippen LogP contribution in [0.25, 0.3) is 0 Å². The molecular weight excluding hydrogens is 268 g/mol. The molecule has 0 aliphatic heterocycles. The molecule has 21 heavy (non-hydrogen) atoms. The van der Waals surface area contributed by atoms with E-state index in [4.69, 9.17) is 4.74 Å². The molecule has 1 heterocycles. The number of methoxy groups -OCH3 is 1. The molecule has 0 atom stereocenters. The van der Waals surface area contributed by atoms with Crippen molar-refractivity contribution in [1.29, 1.82) is 0 Å². The van der Waals surface area contributed by atoms with Gasteiger partial charge in [-0.1, -0.05) is 18.2 Å². The number of rotatable bonds is 7. The summed E-state index contributed by atoms with van der Waals surface area (Å²) in [4.78, 5) is 2.13. The molecule has 0 radical (unpaired) electrons. The van der Waals surface area contributed by atoms with E-state index in [1.165, 1.54) is 0 Å². The van der Waals surface area contributed by atoms with E-state index >= 15 is 0 Å². The van der Waals surface area contributed by atoms with Crippen molar-refractivity contribution >= 4 is 0 Å². The summed E-state index contributed by atoms with van der Waals surface area (Å²) >= 11 is 0. The Balaban J connectivity index is 2.13. The Labute approximate surface area is 125 Å². The monoisotopic (exact) mass is 290 g/mol. The summed E-state index contributed by atoms with van der Waals surface area (Å²) in [6.07, 6.45) is 0. The number of aliphatic hydroxyl groups excluding tert-OH is 1. The number of nitrogens with zero attached hydrogens (tertiary/aromatic N) is 4. The SMILES string of the molecule is COc1ccccc1CN(CCO)Cc1nnc(C)n1C. The van der Waals surface area contributed by atoms with E-state index in [1.54, 1.807) is 7.11 Å². The molecule has 0 saturated carbocycles. The van der Waals surface area contributed by atoms with Crippen LogP contribution in [0.15, 0.2) is 24.3 Å². The van der Waals surface area contributed by atoms with Crippen LogP contribution < -0.4 is 4.74 Å². The Kier molecular flexibility index (Phi) is 5.30. The lowest BCUT2D eigenvalue weighted by atomic mass is 10.2. The van der Waals surface area contributed by atoms with Crippen LogP contribution in [0.5, 0.6) is 5.75 Å². The van der Waals surface area contributed by atoms with Gasteiger partial charge in [-0.25, -0.2) is 0 Å². The minimum atomic E-state index is 0.103. The van der Waals surface area contributed by atoms with Crippen LogP contribution in [-0.4, -0.2) is 45.0 Å². The van der Waals surface area contributed by atoms with Gasteiger partial charge < -0.3 is 14.4 Å². The van der Waals surface area contributed by atoms with Gasteiger partial charge in [0.1, 0.15) is 17.4 Å². The lowest BCUT2D eigenvalue weighted by molar-refractivity contribution is 0.178. The van der Waals surface area contributed by atoms with E-state index < -0.39 is 0 Å². The smallest absolute Gasteiger partial charge is 0.146 e. The molecule has 114 valence electrons. The highest BCUT2D eigenvalue weighted by atomic mass is 16.5. The Morgan fingerprint density at radius 2 is 2.00 bits per heavy atom. The first kappa shape index (κ1) is 15.5. The summed E-state index contributed by atoms with van der Waals surface area (Å²) in [6, 6.07) is 7.91. The molecule has 2 rings (SSSR count). The van der Waals surface area contributed by atoms with Gasteiger partial charge in [0.15, 0.2) is 0 Å². The predicted octanol–water partition coefficient (Wildman–Crippen LogP) is 1.13. The maximum Gasteiger partial charge on any atom is 0.146 e. The fourth-order valence-electron chi connectivity index (χ4n) is 2.22. The highest BCUT2D eigenvalue weighted by molar-refractivity contribution is 5.33. The fourth-order valence-corrected chi connectivity index (χ4v) is 2.22. The lowest BCUT2D eigenvalue weighted by Gasteiger charge is -2.22. The Morgan fingerprint density at radius 1 is 1.24 bits per heavy atom. The predicted molar refractivity (Wildman–Crippen MR) is 79.9 cm³/mol. The zero-order valence-electron chi connectivity index (χ0n) is 12.8. The van der Waals surface area contributed by atoms with E-state index in [-0.39, 0.29) is 6.61 Å². The number of benzene rings is 1. The van der Waals surface area contributed by atoms with Gasteiger partial charge in [0.25, 0.3) is 0 Å². The third-order valence-corrected chi connectivity index (χ3v) is 3.55. The van der Waals surface area contributed by atoms with Crippen LogP contribution >= 0.6 is 0 Å². The highest BCUT2D eigenvalue weighted by Crippen LogP contribution is 2.20. The Bertz CT molecular complexity index is 583. The molecule has 0 spiro atoms. The lowest BCUT2D eigenvalue weighted by Crippen LogP contribution is -2.27. The molecule has 0 saturated heterocycles. The van der Waals surface area contributed by atoms with Crippen molar-refractivity contribution in [2.24, 2.45) is 7.05 Å². The molecular formula is C15H22N4O2. The van der Waals surface area contributed by atoms with Crippen LogP contribution in [0, 0.1) is 6.92 Å². The van der Waals surface area contributed by atoms with Crippen molar-refractivity contribution in [3.63, 3.8) is 0 Å². The van der Waals surface area contributed by atoms with Crippen LogP contribution in [0.4, 0.5) is 0 Å². The molecule has 1 N–H and O–H groups in total. The molecule has 1 aromatic carbocycles. The number of para-hydroxylation sites is 1. The van der Waals surface area contributed by atoms with Gasteiger partial charge >= 0.3 is 0 Å². The van der Waals surface area contributed by atoms with Crippen LogP contribution in [0.1, 0.15) is 17.2 Å². The van der Waals surface area contributed by atoms with Gasteiger partial charge in [-0.15, -0.1) is 10.2 Å². The summed E-state index contributed by atoms with van der Waals surface area (Å²) in [7, 11) is 3.62. The van der Waals surface area contributed by atoms with Crippen molar-refractivity contribution in [1.82, 2.24) is 19.7 Å². The van der Waals surface area contributed by atoms with Gasteiger partial charge in [0.05, 0.1) is 20.3 Å². The minimum absolute atomic E-state index is 0.103. The van der Waals surface area contributed by atoms with Gasteiger partial charge in [-0.3, -0.25) is 4.90 Å². The van der Waals surface area contributed by atoms with E-state index in [0.29, 0.717) is 19.6 Å². The summed E-state index contributed by atoms with van der Waals surface area (Å²) in [5, 5.41) is 17.5. The third-order valence-electron chi connectivity index (χ3n) is 3.55. The summed E-state index contributed by atoms with van der Waals surface area (Å²) < 4.78 is 7.34. The highest BCUT2D eigenvalue weighted by Gasteiger charge is 2.13. The number of hydrogen-bond acceptors (Lipinski definition) is 5. The molecule has 0 unspecified atom stereocenters. The first-order valence-corrected chi connectivity index (χ1v) is 6.95. The number of hydrogen-bond donors (Lipinski definition) is 1. The molecule has 0 fully saturated rings. The van der Waals surface area contributed by atoms with Crippen LogP contribution in [0.3, 0.4) is 0 Å². The standard InChI is InChI=1S/C15H22N4O2/c1-12-16-17-15(18(12)2)11-19(8-9-20)10-13-6-4-5-7-14(13)21-3/h4-7,20H,8-11H2,1-3H3. The van der Waals surface area contributed by atoms with Gasteiger partial charge in [-0.2, -0.15) is 0 Å². The van der Waals surface area contributed by atoms with E-state index in [0.717, 1.165) is 23.0 Å². The van der Waals surface area contributed by atoms with Crippen LogP contribution in [-0.2, 0) is 20.1 Å². The molecule has 0 aliphatic carbocycles. The maximum absolute atomic E-state index is 9.28. The average Bonchev–Trinajstić information content (AvgIpc) is 2.80. The molecule has 1 aromatic heterocycles. The largest absolute Gasteiger partial charge is 0.496 e. The Morgan fingerprint density at radius 3 is 2.62 bits per heavy atom. The number of aliphatic hydroxyl groups is 1. The van der Waals surface area contributed by atoms with Gasteiger partial charge in [-0.05, 0) is 13.0 Å². The summed E-state index contributed by atoms with van der Waals surface area (Å²) in [6.45, 7) is 3.93. The maximum atomic E-state index is 9.28. The quantitative estimate of drug-likeness (QED) is 0.828. The van der Waals surface area contributed by atoms with E-state index in [9.17, 15) is 5.11 Å². The van der Waals surface area contributed by atoms with Crippen molar-refractivity contribution in [2.75, 3.05) is 20.3 Å². The first-order chi connectivity index (χ1) is 10.2. The number of aryl methyl sites for hydroxylation is 1. The number of aromatic nitrogens is 3. The molecule has 0 amide bonds. The van der Waals surface area contributed by atoms with Crippen molar-refractivity contribution in [3.8, 4) is 5.75 Å². The Hall–Kier alpha value is -1.92. The van der Waals surface area contributed by atoms with Crippen LogP contribution in [0.2, 0.25) is 0 Å².